The van der Waals surface area contributed by atoms with Crippen molar-refractivity contribution < 1.29 is 17.9 Å². The zero-order chi connectivity index (χ0) is 26.9. The van der Waals surface area contributed by atoms with Crippen molar-refractivity contribution >= 4 is 50.1 Å². The Morgan fingerprint density at radius 1 is 1.21 bits per heavy atom. The number of aryl methyl sites for hydroxylation is 1. The molecule has 0 bridgehead atoms. The zero-order valence-electron chi connectivity index (χ0n) is 21.3. The summed E-state index contributed by atoms with van der Waals surface area (Å²) < 4.78 is 32.1. The first-order valence-corrected chi connectivity index (χ1v) is 15.7. The number of ether oxygens (including phenoxy) is 1. The van der Waals surface area contributed by atoms with Gasteiger partial charge in [0.25, 0.3) is 5.91 Å². The van der Waals surface area contributed by atoms with Crippen LogP contribution < -0.4 is 4.74 Å². The lowest BCUT2D eigenvalue weighted by atomic mass is 10.0. The van der Waals surface area contributed by atoms with Gasteiger partial charge in [0, 0.05) is 17.3 Å². The van der Waals surface area contributed by atoms with Crippen LogP contribution in [0.3, 0.4) is 0 Å². The highest BCUT2D eigenvalue weighted by molar-refractivity contribution is 8.26. The molecule has 0 radical (unpaired) electrons. The van der Waals surface area contributed by atoms with Crippen LogP contribution in [0.5, 0.6) is 5.75 Å². The molecule has 198 valence electrons. The van der Waals surface area contributed by atoms with E-state index in [0.717, 1.165) is 46.7 Å². The number of para-hydroxylation sites is 1. The molecule has 2 aromatic carbocycles. The van der Waals surface area contributed by atoms with Crippen molar-refractivity contribution in [3.05, 3.63) is 70.8 Å². The van der Waals surface area contributed by atoms with Crippen LogP contribution in [0.4, 0.5) is 0 Å². The van der Waals surface area contributed by atoms with Crippen molar-refractivity contribution in [2.45, 2.75) is 39.2 Å². The third-order valence-corrected chi connectivity index (χ3v) is 9.75. The van der Waals surface area contributed by atoms with Gasteiger partial charge in [0.15, 0.2) is 9.84 Å². The average Bonchev–Trinajstić information content (AvgIpc) is 3.55. The van der Waals surface area contributed by atoms with Crippen LogP contribution in [-0.4, -0.2) is 57.5 Å². The monoisotopic (exact) mass is 567 g/mol. The van der Waals surface area contributed by atoms with Crippen molar-refractivity contribution in [3.63, 3.8) is 0 Å². The molecule has 2 saturated heterocycles. The molecule has 7 nitrogen and oxygen atoms in total. The number of carbonyl (C=O) groups excluding carboxylic acids is 1. The lowest BCUT2D eigenvalue weighted by Gasteiger charge is -2.20. The number of benzene rings is 2. The zero-order valence-corrected chi connectivity index (χ0v) is 23.7. The Bertz CT molecular complexity index is 1510. The number of hydrogen-bond acceptors (Lipinski definition) is 7. The standard InChI is InChI=1S/C28H29N3O4S3/c1-3-4-13-35-23-10-11-24(19(2)15-23)26-20(17-30(29-26)21-8-6-5-7-9-21)16-25-27(32)31(28(36)37-25)22-12-14-38(33,34)18-22/h5-11,15-17,22H,3-4,12-14,18H2,1-2H3/b25-16-/t22-/m1/s1. The summed E-state index contributed by atoms with van der Waals surface area (Å²) >= 11 is 6.71. The average molecular weight is 568 g/mol. The Balaban J connectivity index is 1.52. The Hall–Kier alpha value is -2.95. The Kier molecular flexibility index (Phi) is 7.74. The predicted octanol–water partition coefficient (Wildman–Crippen LogP) is 5.41. The van der Waals surface area contributed by atoms with Crippen LogP contribution in [0.1, 0.15) is 37.3 Å². The van der Waals surface area contributed by atoms with Crippen molar-refractivity contribution in [1.82, 2.24) is 14.7 Å². The van der Waals surface area contributed by atoms with Gasteiger partial charge in [-0.1, -0.05) is 55.5 Å². The molecule has 0 spiro atoms. The molecule has 5 rings (SSSR count). The highest BCUT2D eigenvalue weighted by Gasteiger charge is 2.42. The van der Waals surface area contributed by atoms with Crippen molar-refractivity contribution in [2.75, 3.05) is 18.1 Å². The number of unbranched alkanes of at least 4 members (excludes halogenated alkanes) is 1. The summed E-state index contributed by atoms with van der Waals surface area (Å²) in [6.07, 6.45) is 6.20. The fourth-order valence-corrected chi connectivity index (χ4v) is 7.75. The van der Waals surface area contributed by atoms with Gasteiger partial charge in [-0.15, -0.1) is 0 Å². The number of amides is 1. The first-order valence-electron chi connectivity index (χ1n) is 12.6. The van der Waals surface area contributed by atoms with E-state index in [1.165, 1.54) is 16.7 Å². The van der Waals surface area contributed by atoms with Crippen molar-refractivity contribution in [1.29, 1.82) is 0 Å². The third kappa shape index (κ3) is 5.57. The van der Waals surface area contributed by atoms with Crippen LogP contribution in [-0.2, 0) is 14.6 Å². The molecule has 3 heterocycles. The molecule has 1 atom stereocenters. The minimum atomic E-state index is -3.15. The van der Waals surface area contributed by atoms with Gasteiger partial charge in [-0.2, -0.15) is 5.10 Å². The van der Waals surface area contributed by atoms with Crippen LogP contribution in [0, 0.1) is 6.92 Å². The maximum Gasteiger partial charge on any atom is 0.266 e. The molecule has 0 saturated carbocycles. The number of nitrogens with zero attached hydrogens (tertiary/aromatic N) is 3. The number of thiocarbonyl (C=S) groups is 1. The fourth-order valence-electron chi connectivity index (χ4n) is 4.66. The summed E-state index contributed by atoms with van der Waals surface area (Å²) in [4.78, 5) is 15.3. The SMILES string of the molecule is CCCCOc1ccc(-c2nn(-c3ccccc3)cc2/C=C2\SC(=S)N([C@@H]3CCS(=O)(=O)C3)C2=O)c(C)c1. The first-order chi connectivity index (χ1) is 18.3. The second kappa shape index (κ2) is 11.0. The second-order valence-corrected chi connectivity index (χ2v) is 13.4. The quantitative estimate of drug-likeness (QED) is 0.204. The van der Waals surface area contributed by atoms with Gasteiger partial charge in [-0.25, -0.2) is 13.1 Å². The second-order valence-electron chi connectivity index (χ2n) is 9.50. The summed E-state index contributed by atoms with van der Waals surface area (Å²) in [5, 5.41) is 4.90. The highest BCUT2D eigenvalue weighted by atomic mass is 32.2. The van der Waals surface area contributed by atoms with Gasteiger partial charge < -0.3 is 4.74 Å². The number of thioether (sulfide) groups is 1. The highest BCUT2D eigenvalue weighted by Crippen LogP contribution is 2.38. The Labute approximate surface area is 232 Å². The lowest BCUT2D eigenvalue weighted by Crippen LogP contribution is -2.39. The summed E-state index contributed by atoms with van der Waals surface area (Å²) in [5.74, 6) is 0.600. The molecule has 1 aromatic heterocycles. The Morgan fingerprint density at radius 2 is 2.00 bits per heavy atom. The molecular weight excluding hydrogens is 539 g/mol. The largest absolute Gasteiger partial charge is 0.494 e. The molecular formula is C28H29N3O4S3. The van der Waals surface area contributed by atoms with Gasteiger partial charge in [0.2, 0.25) is 0 Å². The number of sulfone groups is 1. The van der Waals surface area contributed by atoms with E-state index in [-0.39, 0.29) is 17.4 Å². The summed E-state index contributed by atoms with van der Waals surface area (Å²) in [6.45, 7) is 4.83. The number of hydrogen-bond donors (Lipinski definition) is 0. The van der Waals surface area contributed by atoms with Gasteiger partial charge in [-0.05, 0) is 61.7 Å². The van der Waals surface area contributed by atoms with E-state index in [9.17, 15) is 13.2 Å². The van der Waals surface area contributed by atoms with E-state index in [2.05, 4.69) is 6.92 Å². The maximum atomic E-state index is 13.4. The van der Waals surface area contributed by atoms with E-state index >= 15 is 0 Å². The molecule has 38 heavy (non-hydrogen) atoms. The molecule has 0 N–H and O–H groups in total. The molecule has 10 heteroatoms. The molecule has 2 aliphatic rings. The van der Waals surface area contributed by atoms with Gasteiger partial charge >= 0.3 is 0 Å². The van der Waals surface area contributed by atoms with Gasteiger partial charge in [-0.3, -0.25) is 9.69 Å². The van der Waals surface area contributed by atoms with Crippen molar-refractivity contribution in [3.8, 4) is 22.7 Å². The summed E-state index contributed by atoms with van der Waals surface area (Å²) in [7, 11) is -3.15. The van der Waals surface area contributed by atoms with Crippen molar-refractivity contribution in [2.24, 2.45) is 0 Å². The lowest BCUT2D eigenvalue weighted by molar-refractivity contribution is -0.123. The summed E-state index contributed by atoms with van der Waals surface area (Å²) in [6, 6.07) is 15.3. The van der Waals surface area contributed by atoms with E-state index in [1.54, 1.807) is 4.68 Å². The minimum Gasteiger partial charge on any atom is -0.494 e. The smallest absolute Gasteiger partial charge is 0.266 e. The van der Waals surface area contributed by atoms with Crippen LogP contribution >= 0.6 is 24.0 Å². The number of aromatic nitrogens is 2. The van der Waals surface area contributed by atoms with Gasteiger partial charge in [0.05, 0.1) is 34.7 Å². The molecule has 2 aliphatic heterocycles. The topological polar surface area (TPSA) is 81.5 Å². The van der Waals surface area contributed by atoms with E-state index in [1.807, 2.05) is 67.7 Å². The van der Waals surface area contributed by atoms with Gasteiger partial charge in [0.1, 0.15) is 15.8 Å². The third-order valence-electron chi connectivity index (χ3n) is 6.67. The maximum absolute atomic E-state index is 13.4. The van der Waals surface area contributed by atoms with E-state index in [4.69, 9.17) is 22.1 Å². The molecule has 0 aliphatic carbocycles. The van der Waals surface area contributed by atoms with Crippen LogP contribution in [0.25, 0.3) is 23.0 Å². The molecule has 2 fully saturated rings. The first kappa shape index (κ1) is 26.6. The normalized spacial score (nSPS) is 20.0. The predicted molar refractivity (Wildman–Crippen MR) is 156 cm³/mol. The van der Waals surface area contributed by atoms with E-state index < -0.39 is 15.9 Å². The fraction of sp³-hybridized carbons (Fsp3) is 0.321. The minimum absolute atomic E-state index is 0.0459. The number of carbonyl (C=O) groups is 1. The molecule has 3 aromatic rings. The van der Waals surface area contributed by atoms with Crippen LogP contribution in [0.15, 0.2) is 59.6 Å². The molecule has 1 amide bonds. The Morgan fingerprint density at radius 3 is 2.68 bits per heavy atom. The number of rotatable bonds is 8. The van der Waals surface area contributed by atoms with Crippen LogP contribution in [0.2, 0.25) is 0 Å². The summed E-state index contributed by atoms with van der Waals surface area (Å²) in [5.41, 5.74) is 4.35. The molecule has 0 unspecified atom stereocenters. The van der Waals surface area contributed by atoms with E-state index in [0.29, 0.717) is 22.3 Å².